The highest BCUT2D eigenvalue weighted by Crippen LogP contribution is 2.25. The summed E-state index contributed by atoms with van der Waals surface area (Å²) in [6.07, 6.45) is 4.74. The molecule has 4 rings (SSSR count). The molecule has 3 fully saturated rings. The van der Waals surface area contributed by atoms with Gasteiger partial charge in [0.05, 0.1) is 0 Å². The van der Waals surface area contributed by atoms with Crippen LogP contribution in [0.15, 0.2) is 24.3 Å². The third-order valence-electron chi connectivity index (χ3n) is 5.69. The van der Waals surface area contributed by atoms with E-state index >= 15 is 0 Å². The fourth-order valence-electron chi connectivity index (χ4n) is 4.19. The summed E-state index contributed by atoms with van der Waals surface area (Å²) in [4.78, 5) is 53.9. The molecular formula is C20H24N4O4. The highest BCUT2D eigenvalue weighted by atomic mass is 16.2. The van der Waals surface area contributed by atoms with Gasteiger partial charge >= 0.3 is 6.03 Å². The molecule has 0 aromatic heterocycles. The number of anilines is 1. The molecule has 1 atom stereocenters. The van der Waals surface area contributed by atoms with Crippen molar-refractivity contribution in [2.24, 2.45) is 0 Å². The van der Waals surface area contributed by atoms with E-state index in [9.17, 15) is 19.2 Å². The Labute approximate surface area is 163 Å². The number of urea groups is 1. The van der Waals surface area contributed by atoms with Gasteiger partial charge in [0.2, 0.25) is 11.8 Å². The normalized spacial score (nSPS) is 22.6. The number of hydrogen-bond acceptors (Lipinski definition) is 4. The van der Waals surface area contributed by atoms with Gasteiger partial charge in [-0.1, -0.05) is 0 Å². The number of hydrogen-bond donors (Lipinski definition) is 1. The maximum atomic E-state index is 13.0. The Morgan fingerprint density at radius 2 is 1.64 bits per heavy atom. The standard InChI is InChI=1S/C20H24N4O4/c25-17-13-24(20(28)21-17)15-8-6-14(7-9-15)18(26)23-12-4-5-16(23)19(27)22-10-2-1-3-11-22/h6-9,16H,1-5,10-13H2,(H,21,25,28)/t16-/m0/s1. The first-order chi connectivity index (χ1) is 13.5. The fourth-order valence-corrected chi connectivity index (χ4v) is 4.19. The largest absolute Gasteiger partial charge is 0.341 e. The van der Waals surface area contributed by atoms with Crippen LogP contribution in [0.1, 0.15) is 42.5 Å². The van der Waals surface area contributed by atoms with Crippen LogP contribution in [0.3, 0.4) is 0 Å². The van der Waals surface area contributed by atoms with Crippen LogP contribution >= 0.6 is 0 Å². The molecule has 28 heavy (non-hydrogen) atoms. The predicted octanol–water partition coefficient (Wildman–Crippen LogP) is 1.36. The van der Waals surface area contributed by atoms with E-state index in [-0.39, 0.29) is 30.3 Å². The Hall–Kier alpha value is -2.90. The Bertz CT molecular complexity index is 801. The smallest absolute Gasteiger partial charge is 0.329 e. The average Bonchev–Trinajstić information content (AvgIpc) is 3.34. The lowest BCUT2D eigenvalue weighted by atomic mass is 10.1. The molecule has 0 unspecified atom stereocenters. The monoisotopic (exact) mass is 384 g/mol. The summed E-state index contributed by atoms with van der Waals surface area (Å²) in [5, 5.41) is 2.23. The molecule has 0 bridgehead atoms. The molecular weight excluding hydrogens is 360 g/mol. The van der Waals surface area contributed by atoms with Crippen molar-refractivity contribution in [2.45, 2.75) is 38.1 Å². The molecule has 8 heteroatoms. The van der Waals surface area contributed by atoms with Gasteiger partial charge in [-0.05, 0) is 56.4 Å². The molecule has 3 heterocycles. The van der Waals surface area contributed by atoms with Crippen LogP contribution in [-0.2, 0) is 9.59 Å². The van der Waals surface area contributed by atoms with Crippen molar-refractivity contribution in [3.05, 3.63) is 29.8 Å². The van der Waals surface area contributed by atoms with E-state index in [1.54, 1.807) is 29.2 Å². The quantitative estimate of drug-likeness (QED) is 0.797. The van der Waals surface area contributed by atoms with Gasteiger partial charge in [0.15, 0.2) is 0 Å². The van der Waals surface area contributed by atoms with Crippen molar-refractivity contribution in [2.75, 3.05) is 31.1 Å². The zero-order chi connectivity index (χ0) is 19.7. The second-order valence-electron chi connectivity index (χ2n) is 7.53. The van der Waals surface area contributed by atoms with Gasteiger partial charge in [-0.15, -0.1) is 0 Å². The van der Waals surface area contributed by atoms with Gasteiger partial charge in [-0.3, -0.25) is 24.6 Å². The molecule has 3 saturated heterocycles. The molecule has 3 aliphatic rings. The second-order valence-corrected chi connectivity index (χ2v) is 7.53. The van der Waals surface area contributed by atoms with E-state index in [4.69, 9.17) is 0 Å². The number of likely N-dealkylation sites (tertiary alicyclic amines) is 2. The van der Waals surface area contributed by atoms with Gasteiger partial charge in [-0.25, -0.2) is 4.79 Å². The second kappa shape index (κ2) is 7.61. The average molecular weight is 384 g/mol. The highest BCUT2D eigenvalue weighted by Gasteiger charge is 2.37. The third-order valence-corrected chi connectivity index (χ3v) is 5.69. The summed E-state index contributed by atoms with van der Waals surface area (Å²) in [6.45, 7) is 2.11. The van der Waals surface area contributed by atoms with Crippen LogP contribution in [0.5, 0.6) is 0 Å². The molecule has 1 N–H and O–H groups in total. The Morgan fingerprint density at radius 3 is 2.29 bits per heavy atom. The number of piperidine rings is 1. The third kappa shape index (κ3) is 3.46. The van der Waals surface area contributed by atoms with E-state index in [1.807, 2.05) is 4.90 Å². The Kier molecular flexibility index (Phi) is 5.02. The van der Waals surface area contributed by atoms with Crippen molar-refractivity contribution in [3.63, 3.8) is 0 Å². The first kappa shape index (κ1) is 18.5. The predicted molar refractivity (Wildman–Crippen MR) is 102 cm³/mol. The maximum absolute atomic E-state index is 13.0. The zero-order valence-corrected chi connectivity index (χ0v) is 15.7. The molecule has 8 nitrogen and oxygen atoms in total. The van der Waals surface area contributed by atoms with Crippen LogP contribution in [0.2, 0.25) is 0 Å². The summed E-state index contributed by atoms with van der Waals surface area (Å²) in [6, 6.07) is 5.76. The SMILES string of the molecule is O=C1CN(c2ccc(C(=O)N3CCC[C@H]3C(=O)N3CCCCC3)cc2)C(=O)N1. The topological polar surface area (TPSA) is 90.0 Å². The molecule has 1 aromatic rings. The number of carbonyl (C=O) groups is 4. The summed E-state index contributed by atoms with van der Waals surface area (Å²) >= 11 is 0. The van der Waals surface area contributed by atoms with Gasteiger partial charge in [0, 0.05) is 30.9 Å². The van der Waals surface area contributed by atoms with Crippen molar-refractivity contribution in [1.29, 1.82) is 0 Å². The molecule has 0 radical (unpaired) electrons. The molecule has 148 valence electrons. The molecule has 0 spiro atoms. The van der Waals surface area contributed by atoms with Crippen LogP contribution < -0.4 is 10.2 Å². The fraction of sp³-hybridized carbons (Fsp3) is 0.500. The Balaban J connectivity index is 1.46. The van der Waals surface area contributed by atoms with Gasteiger partial charge in [0.1, 0.15) is 12.6 Å². The number of imide groups is 1. The highest BCUT2D eigenvalue weighted by molar-refractivity contribution is 6.12. The number of rotatable bonds is 3. The first-order valence-corrected chi connectivity index (χ1v) is 9.86. The lowest BCUT2D eigenvalue weighted by molar-refractivity contribution is -0.136. The number of nitrogens with zero attached hydrogens (tertiary/aromatic N) is 3. The number of carbonyl (C=O) groups excluding carboxylic acids is 4. The molecule has 0 saturated carbocycles. The molecule has 1 aromatic carbocycles. The van der Waals surface area contributed by atoms with Crippen LogP contribution in [0.4, 0.5) is 10.5 Å². The van der Waals surface area contributed by atoms with Crippen molar-refractivity contribution >= 4 is 29.4 Å². The number of benzene rings is 1. The minimum absolute atomic E-state index is 0.0232. The van der Waals surface area contributed by atoms with E-state index in [0.29, 0.717) is 24.2 Å². The molecule has 0 aliphatic carbocycles. The van der Waals surface area contributed by atoms with Gasteiger partial charge in [-0.2, -0.15) is 0 Å². The number of nitrogens with one attached hydrogen (secondary N) is 1. The minimum Gasteiger partial charge on any atom is -0.341 e. The molecule has 3 aliphatic heterocycles. The summed E-state index contributed by atoms with van der Waals surface area (Å²) < 4.78 is 0. The van der Waals surface area contributed by atoms with Gasteiger partial charge in [0.25, 0.3) is 5.91 Å². The number of amides is 5. The van der Waals surface area contributed by atoms with E-state index in [1.165, 1.54) is 4.90 Å². The molecule has 5 amide bonds. The minimum atomic E-state index is -0.462. The van der Waals surface area contributed by atoms with Crippen molar-refractivity contribution in [1.82, 2.24) is 15.1 Å². The Morgan fingerprint density at radius 1 is 0.929 bits per heavy atom. The van der Waals surface area contributed by atoms with Crippen LogP contribution in [-0.4, -0.2) is 65.8 Å². The van der Waals surface area contributed by atoms with Gasteiger partial charge < -0.3 is 9.80 Å². The summed E-state index contributed by atoms with van der Waals surface area (Å²) in [5.41, 5.74) is 1.04. The lowest BCUT2D eigenvalue weighted by Gasteiger charge is -2.32. The van der Waals surface area contributed by atoms with E-state index < -0.39 is 6.03 Å². The van der Waals surface area contributed by atoms with Crippen LogP contribution in [0.25, 0.3) is 0 Å². The summed E-state index contributed by atoms with van der Waals surface area (Å²) in [5.74, 6) is -0.447. The summed E-state index contributed by atoms with van der Waals surface area (Å²) in [7, 11) is 0. The van der Waals surface area contributed by atoms with E-state index in [2.05, 4.69) is 5.32 Å². The maximum Gasteiger partial charge on any atom is 0.329 e. The zero-order valence-electron chi connectivity index (χ0n) is 15.7. The van der Waals surface area contributed by atoms with Crippen molar-refractivity contribution < 1.29 is 19.2 Å². The van der Waals surface area contributed by atoms with Crippen molar-refractivity contribution in [3.8, 4) is 0 Å². The first-order valence-electron chi connectivity index (χ1n) is 9.86. The lowest BCUT2D eigenvalue weighted by Crippen LogP contribution is -2.49. The van der Waals surface area contributed by atoms with E-state index in [0.717, 1.165) is 38.8 Å². The van der Waals surface area contributed by atoms with Crippen LogP contribution in [0, 0.1) is 0 Å².